The van der Waals surface area contributed by atoms with Crippen molar-refractivity contribution >= 4 is 35.0 Å². The minimum atomic E-state index is -0.331. The molecule has 4 aromatic heterocycles. The molecule has 0 aliphatic carbocycles. The van der Waals surface area contributed by atoms with Crippen molar-refractivity contribution in [3.8, 4) is 22.4 Å². The van der Waals surface area contributed by atoms with Gasteiger partial charge in [0.2, 0.25) is 17.7 Å². The Morgan fingerprint density at radius 2 is 1.82 bits per heavy atom. The molecule has 224 valence electrons. The monoisotopic (exact) mass is 592 g/mol. The summed E-state index contributed by atoms with van der Waals surface area (Å²) < 4.78 is 1.49. The molecule has 5 heterocycles. The van der Waals surface area contributed by atoms with Gasteiger partial charge in [0, 0.05) is 41.9 Å². The number of anilines is 2. The van der Waals surface area contributed by atoms with Gasteiger partial charge in [-0.05, 0) is 45.6 Å². The van der Waals surface area contributed by atoms with Gasteiger partial charge in [0.15, 0.2) is 11.4 Å². The number of aromatic nitrogens is 7. The molecule has 2 unspecified atom stereocenters. The standard InChI is InChI=1S/C31H32N10O3/c1-17-9-11-22(40(17)30(44)28-37-31(39-38-28)35-19(3)43)12-14-25-26(18(2)42)27(32)41-29(36-25)23(16-34-41)21-10-13-24(33-15-21)20-7-5-4-6-8-20/h4-8,10,13,15-17,22H,9,11-12,14,32H2,1-3H3,(H2,35,37,38,39,43). The summed E-state index contributed by atoms with van der Waals surface area (Å²) in [5, 5.41) is 13.5. The summed E-state index contributed by atoms with van der Waals surface area (Å²) >= 11 is 0. The van der Waals surface area contributed by atoms with Gasteiger partial charge in [-0.15, -0.1) is 5.10 Å². The van der Waals surface area contributed by atoms with Gasteiger partial charge in [0.1, 0.15) is 5.82 Å². The number of H-pyrrole nitrogens is 1. The number of rotatable bonds is 8. The molecule has 1 aliphatic heterocycles. The highest BCUT2D eigenvalue weighted by Crippen LogP contribution is 2.32. The molecule has 13 nitrogen and oxygen atoms in total. The fraction of sp³-hybridized carbons (Fsp3) is 0.290. The van der Waals surface area contributed by atoms with Crippen LogP contribution in [0.2, 0.25) is 0 Å². The van der Waals surface area contributed by atoms with Gasteiger partial charge in [0.05, 0.1) is 23.1 Å². The van der Waals surface area contributed by atoms with Gasteiger partial charge < -0.3 is 10.6 Å². The van der Waals surface area contributed by atoms with Crippen molar-refractivity contribution < 1.29 is 14.4 Å². The normalized spacial score (nSPS) is 16.4. The van der Waals surface area contributed by atoms with Gasteiger partial charge >= 0.3 is 0 Å². The van der Waals surface area contributed by atoms with Gasteiger partial charge in [-0.1, -0.05) is 36.4 Å². The maximum atomic E-state index is 13.4. The minimum absolute atomic E-state index is 0.0256. The number of hydrogen-bond donors (Lipinski definition) is 3. The van der Waals surface area contributed by atoms with E-state index in [-0.39, 0.29) is 47.3 Å². The number of Topliss-reactive ketones (excluding diaryl/α,β-unsaturated/α-hetero) is 1. The number of nitrogens with one attached hydrogen (secondary N) is 2. The number of hydrogen-bond acceptors (Lipinski definition) is 9. The van der Waals surface area contributed by atoms with Gasteiger partial charge in [0.25, 0.3) is 5.91 Å². The smallest absolute Gasteiger partial charge is 0.291 e. The van der Waals surface area contributed by atoms with Crippen molar-refractivity contribution in [2.45, 2.75) is 58.5 Å². The van der Waals surface area contributed by atoms with E-state index in [0.717, 1.165) is 35.2 Å². The molecule has 0 spiro atoms. The fourth-order valence-electron chi connectivity index (χ4n) is 5.88. The first-order valence-electron chi connectivity index (χ1n) is 14.4. The zero-order valence-corrected chi connectivity index (χ0v) is 24.6. The van der Waals surface area contributed by atoms with Crippen LogP contribution in [0.15, 0.2) is 54.9 Å². The molecule has 44 heavy (non-hydrogen) atoms. The topological polar surface area (TPSA) is 177 Å². The number of nitrogen functional groups attached to an aromatic ring is 1. The van der Waals surface area contributed by atoms with Crippen molar-refractivity contribution in [3.63, 3.8) is 0 Å². The third-order valence-electron chi connectivity index (χ3n) is 7.96. The van der Waals surface area contributed by atoms with Crippen LogP contribution < -0.4 is 11.1 Å². The quantitative estimate of drug-likeness (QED) is 0.225. The molecule has 0 bridgehead atoms. The van der Waals surface area contributed by atoms with E-state index >= 15 is 0 Å². The third kappa shape index (κ3) is 5.39. The average molecular weight is 593 g/mol. The molecule has 1 saturated heterocycles. The van der Waals surface area contributed by atoms with E-state index in [9.17, 15) is 14.4 Å². The molecule has 2 atom stereocenters. The Labute approximate surface area is 252 Å². The second kappa shape index (κ2) is 11.7. The highest BCUT2D eigenvalue weighted by atomic mass is 16.2. The molecule has 13 heteroatoms. The summed E-state index contributed by atoms with van der Waals surface area (Å²) in [5.41, 5.74) is 11.3. The Hall–Kier alpha value is -5.46. The lowest BCUT2D eigenvalue weighted by atomic mass is 10.0. The van der Waals surface area contributed by atoms with Gasteiger partial charge in [-0.2, -0.15) is 14.6 Å². The van der Waals surface area contributed by atoms with E-state index < -0.39 is 0 Å². The molecule has 1 aliphatic rings. The van der Waals surface area contributed by atoms with Gasteiger partial charge in [-0.25, -0.2) is 4.98 Å². The van der Waals surface area contributed by atoms with Crippen LogP contribution in [0.25, 0.3) is 28.0 Å². The highest BCUT2D eigenvalue weighted by Gasteiger charge is 2.36. The lowest BCUT2D eigenvalue weighted by molar-refractivity contribution is -0.114. The zero-order valence-electron chi connectivity index (χ0n) is 24.6. The number of nitrogens with two attached hydrogens (primary N) is 1. The molecule has 6 rings (SSSR count). The Morgan fingerprint density at radius 3 is 2.52 bits per heavy atom. The summed E-state index contributed by atoms with van der Waals surface area (Å²) in [4.78, 5) is 53.1. The molecule has 0 radical (unpaired) electrons. The molecule has 0 saturated carbocycles. The maximum Gasteiger partial charge on any atom is 0.291 e. The van der Waals surface area contributed by atoms with Crippen LogP contribution >= 0.6 is 0 Å². The number of ketones is 1. The van der Waals surface area contributed by atoms with E-state index in [1.54, 1.807) is 17.3 Å². The van der Waals surface area contributed by atoms with Crippen molar-refractivity contribution in [1.29, 1.82) is 0 Å². The second-order valence-electron chi connectivity index (χ2n) is 11.0. The van der Waals surface area contributed by atoms with Crippen LogP contribution in [0.5, 0.6) is 0 Å². The first-order valence-corrected chi connectivity index (χ1v) is 14.4. The fourth-order valence-corrected chi connectivity index (χ4v) is 5.88. The van der Waals surface area contributed by atoms with Crippen LogP contribution in [-0.2, 0) is 11.2 Å². The molecular formula is C31H32N10O3. The number of likely N-dealkylation sites (tertiary alicyclic amines) is 1. The van der Waals surface area contributed by atoms with Crippen LogP contribution in [0, 0.1) is 0 Å². The van der Waals surface area contributed by atoms with E-state index in [1.165, 1.54) is 18.4 Å². The predicted octanol–water partition coefficient (Wildman–Crippen LogP) is 3.95. The van der Waals surface area contributed by atoms with Crippen LogP contribution in [-0.4, -0.2) is 69.3 Å². The van der Waals surface area contributed by atoms with Gasteiger partial charge in [-0.3, -0.25) is 29.8 Å². The summed E-state index contributed by atoms with van der Waals surface area (Å²) in [6.07, 6.45) is 6.03. The maximum absolute atomic E-state index is 13.4. The second-order valence-corrected chi connectivity index (χ2v) is 11.0. The number of carbonyl (C=O) groups excluding carboxylic acids is 3. The number of aryl methyl sites for hydroxylation is 1. The Morgan fingerprint density at radius 1 is 1.02 bits per heavy atom. The zero-order chi connectivity index (χ0) is 31.0. The molecule has 5 aromatic rings. The van der Waals surface area contributed by atoms with E-state index in [2.05, 4.69) is 30.6 Å². The first kappa shape index (κ1) is 28.6. The molecule has 2 amide bonds. The largest absolute Gasteiger partial charge is 0.383 e. The lowest BCUT2D eigenvalue weighted by Gasteiger charge is -2.28. The summed E-state index contributed by atoms with van der Waals surface area (Å²) in [7, 11) is 0. The van der Waals surface area contributed by atoms with Crippen LogP contribution in [0.3, 0.4) is 0 Å². The van der Waals surface area contributed by atoms with E-state index in [1.807, 2.05) is 49.4 Å². The predicted molar refractivity (Wildman–Crippen MR) is 164 cm³/mol. The Balaban J connectivity index is 1.28. The third-order valence-corrected chi connectivity index (χ3v) is 7.96. The van der Waals surface area contributed by atoms with Crippen molar-refractivity contribution in [2.75, 3.05) is 11.1 Å². The Bertz CT molecular complexity index is 1860. The van der Waals surface area contributed by atoms with Crippen LogP contribution in [0.4, 0.5) is 11.8 Å². The molecule has 1 fully saturated rings. The van der Waals surface area contributed by atoms with E-state index in [0.29, 0.717) is 29.7 Å². The SMILES string of the molecule is CC(=O)Nc1n[nH]c(C(=O)N2C(C)CCC2CCc2nc3c(-c4ccc(-c5ccccc5)nc4)cnn3c(N)c2C(C)=O)n1. The number of nitrogens with zero attached hydrogens (tertiary/aromatic N) is 7. The van der Waals surface area contributed by atoms with Crippen molar-refractivity contribution in [3.05, 3.63) is 71.9 Å². The number of aromatic amines is 1. The number of benzene rings is 1. The van der Waals surface area contributed by atoms with Crippen molar-refractivity contribution in [2.24, 2.45) is 0 Å². The van der Waals surface area contributed by atoms with Crippen LogP contribution in [0.1, 0.15) is 66.7 Å². The lowest BCUT2D eigenvalue weighted by Crippen LogP contribution is -2.40. The molecular weight excluding hydrogens is 560 g/mol. The average Bonchev–Trinajstić information content (AvgIpc) is 3.74. The number of pyridine rings is 1. The number of carbonyl (C=O) groups is 3. The highest BCUT2D eigenvalue weighted by molar-refractivity contribution is 6.00. The molecule has 4 N–H and O–H groups in total. The summed E-state index contributed by atoms with van der Waals surface area (Å²) in [5.74, 6) is -0.526. The Kier molecular flexibility index (Phi) is 7.60. The minimum Gasteiger partial charge on any atom is -0.383 e. The molecule has 1 aromatic carbocycles. The van der Waals surface area contributed by atoms with Crippen molar-refractivity contribution in [1.82, 2.24) is 39.7 Å². The number of amides is 2. The first-order chi connectivity index (χ1) is 21.2. The summed E-state index contributed by atoms with van der Waals surface area (Å²) in [6, 6.07) is 13.7. The summed E-state index contributed by atoms with van der Waals surface area (Å²) in [6.45, 7) is 4.79. The number of fused-ring (bicyclic) bond motifs is 1. The van der Waals surface area contributed by atoms with E-state index in [4.69, 9.17) is 10.7 Å².